The van der Waals surface area contributed by atoms with E-state index >= 15 is 0 Å². The summed E-state index contributed by atoms with van der Waals surface area (Å²) >= 11 is 7.72. The van der Waals surface area contributed by atoms with E-state index in [9.17, 15) is 0 Å². The molecule has 1 aliphatic heterocycles. The number of aliphatic imine (C=N–C) groups is 1. The Balaban J connectivity index is 2.47. The number of hydrogen-bond donors (Lipinski definition) is 0. The Bertz CT molecular complexity index is 520. The van der Waals surface area contributed by atoms with E-state index < -0.39 is 0 Å². The van der Waals surface area contributed by atoms with Crippen molar-refractivity contribution in [2.24, 2.45) is 4.99 Å². The van der Waals surface area contributed by atoms with Gasteiger partial charge in [0.05, 0.1) is 5.54 Å². The van der Waals surface area contributed by atoms with Crippen molar-refractivity contribution in [3.8, 4) is 0 Å². The quantitative estimate of drug-likeness (QED) is 0.749. The summed E-state index contributed by atoms with van der Waals surface area (Å²) in [6, 6.07) is 7.85. The summed E-state index contributed by atoms with van der Waals surface area (Å²) in [5.41, 5.74) is 2.10. The van der Waals surface area contributed by atoms with E-state index in [-0.39, 0.29) is 5.54 Å². The van der Waals surface area contributed by atoms with Crippen molar-refractivity contribution in [3.05, 3.63) is 41.1 Å². The zero-order valence-electron chi connectivity index (χ0n) is 11.1. The van der Waals surface area contributed by atoms with Crippen molar-refractivity contribution in [2.75, 3.05) is 11.2 Å². The Morgan fingerprint density at radius 2 is 2.06 bits per heavy atom. The van der Waals surface area contributed by atoms with Gasteiger partial charge >= 0.3 is 0 Å². The van der Waals surface area contributed by atoms with Crippen LogP contribution in [-0.4, -0.2) is 17.0 Å². The second-order valence-electron chi connectivity index (χ2n) is 4.85. The van der Waals surface area contributed by atoms with Gasteiger partial charge in [0.15, 0.2) is 5.17 Å². The van der Waals surface area contributed by atoms with Gasteiger partial charge in [-0.3, -0.25) is 9.89 Å². The van der Waals surface area contributed by atoms with E-state index in [1.807, 2.05) is 30.5 Å². The molecule has 0 spiro atoms. The second-order valence-corrected chi connectivity index (χ2v) is 6.06. The number of benzene rings is 1. The smallest absolute Gasteiger partial charge is 0.168 e. The molecular weight excluding hydrogens is 264 g/mol. The van der Waals surface area contributed by atoms with E-state index in [1.54, 1.807) is 11.8 Å². The molecule has 0 fully saturated rings. The van der Waals surface area contributed by atoms with E-state index in [2.05, 4.69) is 31.7 Å². The Kier molecular flexibility index (Phi) is 3.74. The number of halogens is 1. The Labute approximate surface area is 118 Å². The summed E-state index contributed by atoms with van der Waals surface area (Å²) < 4.78 is 0. The minimum Gasteiger partial charge on any atom is -0.294 e. The van der Waals surface area contributed by atoms with Crippen LogP contribution in [0.2, 0.25) is 5.02 Å². The molecule has 0 radical (unpaired) electrons. The fraction of sp³-hybridized carbons (Fsp3) is 0.357. The van der Waals surface area contributed by atoms with Crippen LogP contribution in [0.15, 0.2) is 41.0 Å². The predicted octanol–water partition coefficient (Wildman–Crippen LogP) is 4.56. The first-order chi connectivity index (χ1) is 8.43. The molecule has 0 N–H and O–H groups in total. The molecule has 1 aromatic carbocycles. The number of anilines is 1. The average Bonchev–Trinajstić information content (AvgIpc) is 2.26. The first-order valence-corrected chi connectivity index (χ1v) is 7.42. The Morgan fingerprint density at radius 1 is 1.33 bits per heavy atom. The maximum absolute atomic E-state index is 6.07. The van der Waals surface area contributed by atoms with Crippen LogP contribution in [0.4, 0.5) is 5.69 Å². The van der Waals surface area contributed by atoms with Crippen LogP contribution >= 0.6 is 23.4 Å². The van der Waals surface area contributed by atoms with Gasteiger partial charge in [-0.2, -0.15) is 0 Å². The monoisotopic (exact) mass is 280 g/mol. The van der Waals surface area contributed by atoms with Crippen LogP contribution in [-0.2, 0) is 0 Å². The zero-order chi connectivity index (χ0) is 13.3. The van der Waals surface area contributed by atoms with Crippen molar-refractivity contribution in [1.29, 1.82) is 0 Å². The van der Waals surface area contributed by atoms with Crippen molar-refractivity contribution >= 4 is 34.2 Å². The van der Waals surface area contributed by atoms with E-state index in [0.717, 1.165) is 15.9 Å². The van der Waals surface area contributed by atoms with Gasteiger partial charge in [-0.1, -0.05) is 29.4 Å². The minimum atomic E-state index is -0.141. The molecule has 0 unspecified atom stereocenters. The molecule has 0 aliphatic carbocycles. The third kappa shape index (κ3) is 2.73. The lowest BCUT2D eigenvalue weighted by Gasteiger charge is -2.34. The summed E-state index contributed by atoms with van der Waals surface area (Å²) in [7, 11) is 0. The SMILES string of the molecule is CSC1=NC(C)(C)C=C(C)N1c1cccc(Cl)c1. The Morgan fingerprint density at radius 3 is 2.67 bits per heavy atom. The number of allylic oxidation sites excluding steroid dienone is 1. The molecule has 18 heavy (non-hydrogen) atoms. The molecule has 2 rings (SSSR count). The lowest BCUT2D eigenvalue weighted by Crippen LogP contribution is -2.35. The highest BCUT2D eigenvalue weighted by atomic mass is 35.5. The largest absolute Gasteiger partial charge is 0.294 e. The van der Waals surface area contributed by atoms with E-state index in [4.69, 9.17) is 16.6 Å². The summed E-state index contributed by atoms with van der Waals surface area (Å²) in [5, 5.41) is 1.74. The molecule has 0 aromatic heterocycles. The van der Waals surface area contributed by atoms with Gasteiger partial charge in [-0.15, -0.1) is 0 Å². The highest BCUT2D eigenvalue weighted by molar-refractivity contribution is 8.13. The number of rotatable bonds is 1. The molecule has 0 saturated heterocycles. The fourth-order valence-electron chi connectivity index (χ4n) is 2.12. The predicted molar refractivity (Wildman–Crippen MR) is 82.7 cm³/mol. The molecule has 1 heterocycles. The van der Waals surface area contributed by atoms with Gasteiger partial charge in [0, 0.05) is 16.4 Å². The second kappa shape index (κ2) is 4.98. The van der Waals surface area contributed by atoms with Crippen molar-refractivity contribution in [2.45, 2.75) is 26.3 Å². The Hall–Kier alpha value is -0.930. The number of nitrogens with zero attached hydrogens (tertiary/aromatic N) is 2. The summed E-state index contributed by atoms with van der Waals surface area (Å²) in [6.07, 6.45) is 4.22. The molecule has 96 valence electrons. The van der Waals surface area contributed by atoms with Gasteiger partial charge in [0.2, 0.25) is 0 Å². The van der Waals surface area contributed by atoms with E-state index in [1.165, 1.54) is 5.70 Å². The molecule has 0 atom stereocenters. The third-order valence-corrected chi connectivity index (χ3v) is 3.61. The number of hydrogen-bond acceptors (Lipinski definition) is 3. The molecule has 0 amide bonds. The highest BCUT2D eigenvalue weighted by Crippen LogP contribution is 2.32. The van der Waals surface area contributed by atoms with Gasteiger partial charge in [0.1, 0.15) is 0 Å². The zero-order valence-corrected chi connectivity index (χ0v) is 12.6. The summed E-state index contributed by atoms with van der Waals surface area (Å²) in [5.74, 6) is 0. The van der Waals surface area contributed by atoms with Gasteiger partial charge in [-0.05, 0) is 51.3 Å². The maximum atomic E-state index is 6.07. The van der Waals surface area contributed by atoms with Crippen molar-refractivity contribution in [3.63, 3.8) is 0 Å². The third-order valence-electron chi connectivity index (χ3n) is 2.74. The average molecular weight is 281 g/mol. The van der Waals surface area contributed by atoms with Gasteiger partial charge < -0.3 is 0 Å². The number of amidine groups is 1. The summed E-state index contributed by atoms with van der Waals surface area (Å²) in [6.45, 7) is 6.33. The number of thioether (sulfide) groups is 1. The molecule has 4 heteroatoms. The van der Waals surface area contributed by atoms with Crippen molar-refractivity contribution in [1.82, 2.24) is 0 Å². The fourth-order valence-corrected chi connectivity index (χ4v) is 3.06. The standard InChI is InChI=1S/C14H17ClN2S/c1-10-9-14(2,3)16-13(18-4)17(10)12-7-5-6-11(15)8-12/h5-9H,1-4H3. The van der Waals surface area contributed by atoms with Crippen LogP contribution in [0.25, 0.3) is 0 Å². The highest BCUT2D eigenvalue weighted by Gasteiger charge is 2.26. The minimum absolute atomic E-state index is 0.141. The topological polar surface area (TPSA) is 15.6 Å². The molecule has 2 nitrogen and oxygen atoms in total. The maximum Gasteiger partial charge on any atom is 0.168 e. The van der Waals surface area contributed by atoms with Gasteiger partial charge in [0.25, 0.3) is 0 Å². The first-order valence-electron chi connectivity index (χ1n) is 5.82. The lowest BCUT2D eigenvalue weighted by molar-refractivity contribution is 0.642. The van der Waals surface area contributed by atoms with Crippen LogP contribution in [0.1, 0.15) is 20.8 Å². The van der Waals surface area contributed by atoms with Crippen LogP contribution in [0.3, 0.4) is 0 Å². The van der Waals surface area contributed by atoms with E-state index in [0.29, 0.717) is 0 Å². The lowest BCUT2D eigenvalue weighted by atomic mass is 10.0. The van der Waals surface area contributed by atoms with Crippen LogP contribution in [0, 0.1) is 0 Å². The van der Waals surface area contributed by atoms with Gasteiger partial charge in [-0.25, -0.2) is 0 Å². The first kappa shape index (κ1) is 13.5. The molecule has 0 saturated carbocycles. The van der Waals surface area contributed by atoms with Crippen molar-refractivity contribution < 1.29 is 0 Å². The molecular formula is C14H17ClN2S. The molecule has 1 aromatic rings. The van der Waals surface area contributed by atoms with Crippen LogP contribution in [0.5, 0.6) is 0 Å². The van der Waals surface area contributed by atoms with Crippen LogP contribution < -0.4 is 4.90 Å². The summed E-state index contributed by atoms with van der Waals surface area (Å²) in [4.78, 5) is 6.90. The molecule has 1 aliphatic rings. The molecule has 0 bridgehead atoms. The normalized spacial score (nSPS) is 18.4.